The number of fused-ring (bicyclic) bond motifs is 1. The van der Waals surface area contributed by atoms with Crippen LogP contribution in [0.25, 0.3) is 11.2 Å². The molecule has 0 radical (unpaired) electrons. The molecule has 2 aromatic heterocycles. The zero-order valence-electron chi connectivity index (χ0n) is 12.4. The molecule has 0 spiro atoms. The first kappa shape index (κ1) is 14.5. The smallest absolute Gasteiger partial charge is 0.245 e. The summed E-state index contributed by atoms with van der Waals surface area (Å²) >= 11 is 6.06. The molecule has 0 amide bonds. The topological polar surface area (TPSA) is 56.1 Å². The van der Waals surface area contributed by atoms with Crippen LogP contribution in [0.5, 0.6) is 5.88 Å². The van der Waals surface area contributed by atoms with E-state index in [-0.39, 0.29) is 0 Å². The molecule has 0 aromatic carbocycles. The predicted molar refractivity (Wildman–Crippen MR) is 81.7 cm³/mol. The predicted octanol–water partition coefficient (Wildman–Crippen LogP) is 1.92. The van der Waals surface area contributed by atoms with Gasteiger partial charge in [0.25, 0.3) is 0 Å². The van der Waals surface area contributed by atoms with Gasteiger partial charge in [-0.1, -0.05) is 6.92 Å². The van der Waals surface area contributed by atoms with Gasteiger partial charge in [0.2, 0.25) is 5.88 Å². The number of hydrogen-bond donors (Lipinski definition) is 0. The quantitative estimate of drug-likeness (QED) is 0.790. The largest absolute Gasteiger partial charge is 0.479 e. The highest BCUT2D eigenvalue weighted by molar-refractivity contribution is 6.16. The van der Waals surface area contributed by atoms with Gasteiger partial charge in [0.1, 0.15) is 12.2 Å². The Labute approximate surface area is 129 Å². The summed E-state index contributed by atoms with van der Waals surface area (Å²) in [5.41, 5.74) is 1.51. The number of alkyl halides is 1. The third kappa shape index (κ3) is 2.70. The molecule has 114 valence electrons. The summed E-state index contributed by atoms with van der Waals surface area (Å²) < 4.78 is 7.39. The molecular weight excluding hydrogens is 290 g/mol. The Balaban J connectivity index is 1.93. The van der Waals surface area contributed by atoms with E-state index in [1.165, 1.54) is 19.3 Å². The van der Waals surface area contributed by atoms with Crippen LogP contribution in [0.4, 0.5) is 0 Å². The van der Waals surface area contributed by atoms with Crippen LogP contribution in [-0.2, 0) is 12.4 Å². The van der Waals surface area contributed by atoms with E-state index in [9.17, 15) is 0 Å². The van der Waals surface area contributed by atoms with Crippen LogP contribution in [0, 0.1) is 5.92 Å². The Morgan fingerprint density at radius 1 is 1.43 bits per heavy atom. The maximum Gasteiger partial charge on any atom is 0.245 e. The third-order valence-electron chi connectivity index (χ3n) is 4.15. The van der Waals surface area contributed by atoms with Crippen molar-refractivity contribution in [2.75, 3.05) is 26.7 Å². The normalized spacial score (nSPS) is 19.5. The lowest BCUT2D eigenvalue weighted by Gasteiger charge is -2.15. The van der Waals surface area contributed by atoms with E-state index in [4.69, 9.17) is 16.3 Å². The Kier molecular flexibility index (Phi) is 4.26. The van der Waals surface area contributed by atoms with E-state index in [1.54, 1.807) is 7.11 Å². The number of likely N-dealkylation sites (tertiary alicyclic amines) is 1. The summed E-state index contributed by atoms with van der Waals surface area (Å²) in [5, 5.41) is 0. The molecule has 3 heterocycles. The van der Waals surface area contributed by atoms with Crippen molar-refractivity contribution in [3.63, 3.8) is 0 Å². The number of hydrogen-bond acceptors (Lipinski definition) is 5. The summed E-state index contributed by atoms with van der Waals surface area (Å²) in [6.45, 7) is 6.51. The molecule has 7 heteroatoms. The van der Waals surface area contributed by atoms with Gasteiger partial charge in [-0.3, -0.25) is 0 Å². The fraction of sp³-hybridized carbons (Fsp3) is 0.643. The van der Waals surface area contributed by atoms with Crippen LogP contribution in [0.15, 0.2) is 6.33 Å². The lowest BCUT2D eigenvalue weighted by Crippen LogP contribution is -2.21. The van der Waals surface area contributed by atoms with Crippen molar-refractivity contribution < 1.29 is 4.74 Å². The molecule has 2 aromatic rings. The van der Waals surface area contributed by atoms with E-state index >= 15 is 0 Å². The van der Waals surface area contributed by atoms with Gasteiger partial charge in [-0.15, -0.1) is 11.6 Å². The average molecular weight is 310 g/mol. The monoisotopic (exact) mass is 309 g/mol. The molecule has 6 nitrogen and oxygen atoms in total. The van der Waals surface area contributed by atoms with Gasteiger partial charge in [-0.05, 0) is 25.4 Å². The molecule has 0 bridgehead atoms. The summed E-state index contributed by atoms with van der Waals surface area (Å²) in [4.78, 5) is 15.5. The number of imidazole rings is 1. The molecule has 1 fully saturated rings. The van der Waals surface area contributed by atoms with Gasteiger partial charge in [0.15, 0.2) is 11.2 Å². The van der Waals surface area contributed by atoms with Crippen LogP contribution in [-0.4, -0.2) is 51.2 Å². The van der Waals surface area contributed by atoms with E-state index in [0.29, 0.717) is 23.2 Å². The van der Waals surface area contributed by atoms with Crippen molar-refractivity contribution in [2.45, 2.75) is 25.8 Å². The average Bonchev–Trinajstić information content (AvgIpc) is 3.12. The zero-order chi connectivity index (χ0) is 14.8. The van der Waals surface area contributed by atoms with Gasteiger partial charge < -0.3 is 14.2 Å². The second-order valence-electron chi connectivity index (χ2n) is 5.38. The molecule has 1 saturated heterocycles. The van der Waals surface area contributed by atoms with E-state index in [1.807, 2.05) is 0 Å². The van der Waals surface area contributed by atoms with Gasteiger partial charge in [-0.2, -0.15) is 4.98 Å². The first-order chi connectivity index (χ1) is 10.3. The van der Waals surface area contributed by atoms with Crippen LogP contribution >= 0.6 is 11.6 Å². The van der Waals surface area contributed by atoms with Crippen LogP contribution < -0.4 is 4.74 Å². The number of halogens is 1. The maximum absolute atomic E-state index is 6.06. The van der Waals surface area contributed by atoms with Gasteiger partial charge in [0.05, 0.1) is 13.0 Å². The molecule has 0 aliphatic carbocycles. The molecule has 1 aliphatic rings. The minimum atomic E-state index is 0.365. The highest BCUT2D eigenvalue weighted by atomic mass is 35.5. The number of nitrogens with zero attached hydrogens (tertiary/aromatic N) is 5. The standard InChI is InChI=1S/C14H20ClN5O/c1-3-19-5-4-10(7-19)8-20-11(6-15)18-12-13(20)16-9-17-14(12)21-2/h9-10H,3-8H2,1-2H3. The Bertz CT molecular complexity index is 629. The molecule has 21 heavy (non-hydrogen) atoms. The summed E-state index contributed by atoms with van der Waals surface area (Å²) in [6, 6.07) is 0. The molecule has 0 N–H and O–H groups in total. The van der Waals surface area contributed by atoms with Crippen molar-refractivity contribution >= 4 is 22.8 Å². The first-order valence-corrected chi connectivity index (χ1v) is 7.82. The fourth-order valence-electron chi connectivity index (χ4n) is 3.01. The van der Waals surface area contributed by atoms with Gasteiger partial charge in [-0.25, -0.2) is 9.97 Å². The van der Waals surface area contributed by atoms with Crippen molar-refractivity contribution in [1.29, 1.82) is 0 Å². The molecule has 1 unspecified atom stereocenters. The van der Waals surface area contributed by atoms with E-state index in [0.717, 1.165) is 31.1 Å². The van der Waals surface area contributed by atoms with Crippen molar-refractivity contribution in [1.82, 2.24) is 24.4 Å². The third-order valence-corrected chi connectivity index (χ3v) is 4.39. The van der Waals surface area contributed by atoms with E-state index in [2.05, 4.69) is 31.3 Å². The van der Waals surface area contributed by atoms with Gasteiger partial charge >= 0.3 is 0 Å². The highest BCUT2D eigenvalue weighted by Gasteiger charge is 2.24. The SMILES string of the molecule is CCN1CCC(Cn2c(CCl)nc3c(OC)ncnc32)C1. The lowest BCUT2D eigenvalue weighted by molar-refractivity contribution is 0.332. The lowest BCUT2D eigenvalue weighted by atomic mass is 10.1. The molecule has 1 aliphatic heterocycles. The molecule has 0 saturated carbocycles. The fourth-order valence-corrected chi connectivity index (χ4v) is 3.22. The van der Waals surface area contributed by atoms with Crippen molar-refractivity contribution in [2.24, 2.45) is 5.92 Å². The van der Waals surface area contributed by atoms with Crippen LogP contribution in [0.3, 0.4) is 0 Å². The minimum absolute atomic E-state index is 0.365. The molecule has 3 rings (SSSR count). The van der Waals surface area contributed by atoms with Crippen LogP contribution in [0.2, 0.25) is 0 Å². The summed E-state index contributed by atoms with van der Waals surface area (Å²) in [7, 11) is 1.59. The van der Waals surface area contributed by atoms with Crippen molar-refractivity contribution in [3.8, 4) is 5.88 Å². The first-order valence-electron chi connectivity index (χ1n) is 7.29. The summed E-state index contributed by atoms with van der Waals surface area (Å²) in [6.07, 6.45) is 2.72. The Morgan fingerprint density at radius 3 is 2.95 bits per heavy atom. The number of aromatic nitrogens is 4. The number of ether oxygens (including phenoxy) is 1. The second kappa shape index (κ2) is 6.15. The van der Waals surface area contributed by atoms with Crippen LogP contribution in [0.1, 0.15) is 19.2 Å². The Hall–Kier alpha value is -1.40. The van der Waals surface area contributed by atoms with Gasteiger partial charge in [0, 0.05) is 13.1 Å². The Morgan fingerprint density at radius 2 is 2.29 bits per heavy atom. The molecule has 1 atom stereocenters. The zero-order valence-corrected chi connectivity index (χ0v) is 13.2. The van der Waals surface area contributed by atoms with E-state index < -0.39 is 0 Å². The molecular formula is C14H20ClN5O. The van der Waals surface area contributed by atoms with Crippen molar-refractivity contribution in [3.05, 3.63) is 12.2 Å². The number of methoxy groups -OCH3 is 1. The highest BCUT2D eigenvalue weighted by Crippen LogP contribution is 2.25. The number of rotatable bonds is 5. The second-order valence-corrected chi connectivity index (χ2v) is 5.64. The maximum atomic E-state index is 6.06. The summed E-state index contributed by atoms with van der Waals surface area (Å²) in [5.74, 6) is 2.32. The minimum Gasteiger partial charge on any atom is -0.479 e.